The van der Waals surface area contributed by atoms with Crippen molar-refractivity contribution in [2.24, 2.45) is 12.2 Å². The molecule has 0 amide bonds. The van der Waals surface area contributed by atoms with Gasteiger partial charge in [-0.05, 0) is 12.1 Å². The molecule has 2 heterocycles. The minimum Gasteiger partial charge on any atom is -0.493 e. The Morgan fingerprint density at radius 1 is 1.50 bits per heavy atom. The third-order valence-corrected chi connectivity index (χ3v) is 3.26. The van der Waals surface area contributed by atoms with E-state index < -0.39 is 0 Å². The van der Waals surface area contributed by atoms with E-state index in [1.165, 1.54) is 0 Å². The van der Waals surface area contributed by atoms with E-state index in [1.807, 2.05) is 36.0 Å². The standard InChI is InChI=1S/C14H15N3O3/c1-17-6-5-15-14(17)4-7-19-10-2-3-11-12(16-18)9-20-13(11)8-10/h2-3,5-6,8,18H,4,7,9H2,1H3/b16-12+. The lowest BCUT2D eigenvalue weighted by atomic mass is 10.1. The van der Waals surface area contributed by atoms with Crippen LogP contribution in [0.25, 0.3) is 0 Å². The highest BCUT2D eigenvalue weighted by molar-refractivity contribution is 6.05. The SMILES string of the molecule is Cn1ccnc1CCOc1ccc2c(c1)OC/C2=N\O. The van der Waals surface area contributed by atoms with Gasteiger partial charge in [0.25, 0.3) is 0 Å². The summed E-state index contributed by atoms with van der Waals surface area (Å²) in [6, 6.07) is 5.50. The smallest absolute Gasteiger partial charge is 0.134 e. The van der Waals surface area contributed by atoms with Gasteiger partial charge in [0, 0.05) is 37.5 Å². The number of imidazole rings is 1. The molecule has 1 aliphatic heterocycles. The minimum atomic E-state index is 0.294. The number of hydrogen-bond acceptors (Lipinski definition) is 5. The number of aromatic nitrogens is 2. The fourth-order valence-electron chi connectivity index (χ4n) is 2.15. The summed E-state index contributed by atoms with van der Waals surface area (Å²) in [6.07, 6.45) is 4.42. The Hall–Kier alpha value is -2.50. The van der Waals surface area contributed by atoms with Gasteiger partial charge in [-0.3, -0.25) is 0 Å². The third kappa shape index (κ3) is 2.32. The van der Waals surface area contributed by atoms with Crippen LogP contribution in [-0.2, 0) is 13.5 Å². The number of hydrogen-bond donors (Lipinski definition) is 1. The lowest BCUT2D eigenvalue weighted by Crippen LogP contribution is -2.06. The maximum Gasteiger partial charge on any atom is 0.134 e. The van der Waals surface area contributed by atoms with Crippen LogP contribution in [0.4, 0.5) is 0 Å². The monoisotopic (exact) mass is 273 g/mol. The fourth-order valence-corrected chi connectivity index (χ4v) is 2.15. The molecule has 0 saturated heterocycles. The number of benzene rings is 1. The van der Waals surface area contributed by atoms with Gasteiger partial charge in [0.2, 0.25) is 0 Å². The number of ether oxygens (including phenoxy) is 2. The number of rotatable bonds is 4. The Kier molecular flexibility index (Phi) is 3.28. The topological polar surface area (TPSA) is 68.9 Å². The normalized spacial score (nSPS) is 15.2. The zero-order chi connectivity index (χ0) is 13.9. The van der Waals surface area contributed by atoms with Crippen LogP contribution < -0.4 is 9.47 Å². The van der Waals surface area contributed by atoms with Crippen molar-refractivity contribution in [2.75, 3.05) is 13.2 Å². The van der Waals surface area contributed by atoms with E-state index in [-0.39, 0.29) is 0 Å². The molecule has 2 aromatic rings. The molecule has 20 heavy (non-hydrogen) atoms. The number of oxime groups is 1. The van der Waals surface area contributed by atoms with Crippen LogP contribution in [0, 0.1) is 0 Å². The van der Waals surface area contributed by atoms with Gasteiger partial charge in [0.1, 0.15) is 29.6 Å². The van der Waals surface area contributed by atoms with E-state index in [0.29, 0.717) is 24.7 Å². The van der Waals surface area contributed by atoms with Crippen LogP contribution in [0.15, 0.2) is 35.7 Å². The summed E-state index contributed by atoms with van der Waals surface area (Å²) in [5.74, 6) is 2.40. The quantitative estimate of drug-likeness (QED) is 0.679. The van der Waals surface area contributed by atoms with E-state index in [4.69, 9.17) is 14.7 Å². The van der Waals surface area contributed by atoms with Gasteiger partial charge in [-0.15, -0.1) is 0 Å². The molecule has 0 fully saturated rings. The molecule has 0 unspecified atom stereocenters. The molecule has 0 spiro atoms. The molecule has 0 radical (unpaired) electrons. The lowest BCUT2D eigenvalue weighted by molar-refractivity contribution is 0.311. The highest BCUT2D eigenvalue weighted by Crippen LogP contribution is 2.29. The molecule has 0 bridgehead atoms. The average molecular weight is 273 g/mol. The van der Waals surface area contributed by atoms with Crippen molar-refractivity contribution in [3.63, 3.8) is 0 Å². The second kappa shape index (κ2) is 5.24. The second-order valence-corrected chi connectivity index (χ2v) is 4.55. The van der Waals surface area contributed by atoms with E-state index in [1.54, 1.807) is 6.20 Å². The van der Waals surface area contributed by atoms with Gasteiger partial charge in [0.05, 0.1) is 6.61 Å². The van der Waals surface area contributed by atoms with Crippen molar-refractivity contribution >= 4 is 5.71 Å². The summed E-state index contributed by atoms with van der Waals surface area (Å²) in [4.78, 5) is 4.24. The van der Waals surface area contributed by atoms with Gasteiger partial charge >= 0.3 is 0 Å². The molecule has 1 aliphatic rings. The molecule has 0 aliphatic carbocycles. The molecule has 104 valence electrons. The van der Waals surface area contributed by atoms with Crippen LogP contribution in [0.5, 0.6) is 11.5 Å². The maximum atomic E-state index is 8.82. The van der Waals surface area contributed by atoms with Crippen molar-refractivity contribution in [1.29, 1.82) is 0 Å². The predicted octanol–water partition coefficient (Wildman–Crippen LogP) is 1.61. The lowest BCUT2D eigenvalue weighted by Gasteiger charge is -2.07. The van der Waals surface area contributed by atoms with Crippen molar-refractivity contribution in [3.8, 4) is 11.5 Å². The molecule has 3 rings (SSSR count). The van der Waals surface area contributed by atoms with Crippen LogP contribution in [0.1, 0.15) is 11.4 Å². The summed E-state index contributed by atoms with van der Waals surface area (Å²) < 4.78 is 13.1. The van der Waals surface area contributed by atoms with Gasteiger partial charge in [-0.2, -0.15) is 0 Å². The average Bonchev–Trinajstić information content (AvgIpc) is 3.05. The van der Waals surface area contributed by atoms with Gasteiger partial charge in [-0.1, -0.05) is 5.16 Å². The molecule has 1 N–H and O–H groups in total. The molecule has 0 atom stereocenters. The molecule has 0 saturated carbocycles. The van der Waals surface area contributed by atoms with E-state index >= 15 is 0 Å². The Morgan fingerprint density at radius 2 is 2.40 bits per heavy atom. The van der Waals surface area contributed by atoms with Gasteiger partial charge in [0.15, 0.2) is 0 Å². The maximum absolute atomic E-state index is 8.82. The van der Waals surface area contributed by atoms with Crippen molar-refractivity contribution in [2.45, 2.75) is 6.42 Å². The summed E-state index contributed by atoms with van der Waals surface area (Å²) in [7, 11) is 1.96. The number of nitrogens with zero attached hydrogens (tertiary/aromatic N) is 3. The third-order valence-electron chi connectivity index (χ3n) is 3.26. The van der Waals surface area contributed by atoms with E-state index in [0.717, 1.165) is 23.6 Å². The molecular formula is C14H15N3O3. The molecule has 6 nitrogen and oxygen atoms in total. The summed E-state index contributed by atoms with van der Waals surface area (Å²) in [5.41, 5.74) is 1.35. The van der Waals surface area contributed by atoms with Crippen molar-refractivity contribution in [1.82, 2.24) is 9.55 Å². The molecule has 1 aromatic carbocycles. The zero-order valence-electron chi connectivity index (χ0n) is 11.1. The van der Waals surface area contributed by atoms with E-state index in [9.17, 15) is 0 Å². The minimum absolute atomic E-state index is 0.294. The number of fused-ring (bicyclic) bond motifs is 1. The first kappa shape index (κ1) is 12.5. The Bertz CT molecular complexity index is 649. The predicted molar refractivity (Wildman–Crippen MR) is 72.7 cm³/mol. The largest absolute Gasteiger partial charge is 0.493 e. The number of aryl methyl sites for hydroxylation is 1. The second-order valence-electron chi connectivity index (χ2n) is 4.55. The first-order valence-electron chi connectivity index (χ1n) is 6.35. The van der Waals surface area contributed by atoms with Gasteiger partial charge < -0.3 is 19.2 Å². The van der Waals surface area contributed by atoms with Crippen LogP contribution in [0.3, 0.4) is 0 Å². The zero-order valence-corrected chi connectivity index (χ0v) is 11.1. The first-order valence-corrected chi connectivity index (χ1v) is 6.35. The van der Waals surface area contributed by atoms with Crippen LogP contribution in [0.2, 0.25) is 0 Å². The molecular weight excluding hydrogens is 258 g/mol. The summed E-state index contributed by atoms with van der Waals surface area (Å²) in [5, 5.41) is 12.0. The summed E-state index contributed by atoms with van der Waals surface area (Å²) >= 11 is 0. The summed E-state index contributed by atoms with van der Waals surface area (Å²) in [6.45, 7) is 0.840. The Balaban J connectivity index is 1.63. The van der Waals surface area contributed by atoms with Gasteiger partial charge in [-0.25, -0.2) is 4.98 Å². The van der Waals surface area contributed by atoms with Crippen molar-refractivity contribution in [3.05, 3.63) is 42.0 Å². The highest BCUT2D eigenvalue weighted by Gasteiger charge is 2.20. The highest BCUT2D eigenvalue weighted by atomic mass is 16.5. The Morgan fingerprint density at radius 3 is 3.15 bits per heavy atom. The molecule has 1 aromatic heterocycles. The Labute approximate surface area is 116 Å². The fraction of sp³-hybridized carbons (Fsp3) is 0.286. The molecule has 6 heteroatoms. The van der Waals surface area contributed by atoms with Crippen LogP contribution >= 0.6 is 0 Å². The van der Waals surface area contributed by atoms with Crippen LogP contribution in [-0.4, -0.2) is 33.7 Å². The van der Waals surface area contributed by atoms with E-state index in [2.05, 4.69) is 10.1 Å². The van der Waals surface area contributed by atoms with Crippen molar-refractivity contribution < 1.29 is 14.7 Å². The first-order chi connectivity index (χ1) is 9.78.